The molecule has 0 atom stereocenters. The summed E-state index contributed by atoms with van der Waals surface area (Å²) < 4.78 is 0. The first-order valence-electron chi connectivity index (χ1n) is 4.57. The van der Waals surface area contributed by atoms with Crippen LogP contribution in [0, 0.1) is 0 Å². The lowest BCUT2D eigenvalue weighted by atomic mass is 10.1. The van der Waals surface area contributed by atoms with Crippen LogP contribution in [0.25, 0.3) is 6.08 Å². The molecule has 2 N–H and O–H groups in total. The zero-order valence-corrected chi connectivity index (χ0v) is 8.01. The molecule has 0 spiro atoms. The normalized spacial score (nSPS) is 13.5. The summed E-state index contributed by atoms with van der Waals surface area (Å²) in [5.41, 5.74) is 6.61. The molecule has 1 heterocycles. The number of benzene rings is 1. The number of nitrogens with zero attached hydrogens (tertiary/aromatic N) is 1. The van der Waals surface area contributed by atoms with Crippen LogP contribution in [-0.2, 0) is 9.59 Å². The number of carbonyl (C=O) groups is 2. The van der Waals surface area contributed by atoms with Gasteiger partial charge < -0.3 is 5.73 Å². The topological polar surface area (TPSA) is 63.4 Å². The van der Waals surface area contributed by atoms with Crippen molar-refractivity contribution in [2.45, 2.75) is 0 Å². The van der Waals surface area contributed by atoms with Crippen LogP contribution >= 0.6 is 0 Å². The Morgan fingerprint density at radius 1 is 1.27 bits per heavy atom. The van der Waals surface area contributed by atoms with Crippen molar-refractivity contribution in [3.63, 3.8) is 0 Å². The minimum absolute atomic E-state index is 0.388. The van der Waals surface area contributed by atoms with Crippen molar-refractivity contribution < 1.29 is 9.59 Å². The number of primary amides is 1. The zero-order chi connectivity index (χ0) is 10.8. The fourth-order valence-corrected chi connectivity index (χ4v) is 1.58. The lowest BCUT2D eigenvalue weighted by Crippen LogP contribution is -2.41. The van der Waals surface area contributed by atoms with Gasteiger partial charge in [0.1, 0.15) is 0 Å². The lowest BCUT2D eigenvalue weighted by Gasteiger charge is -2.24. The molecule has 0 aliphatic carbocycles. The minimum Gasteiger partial charge on any atom is -0.361 e. The number of anilines is 1. The summed E-state index contributed by atoms with van der Waals surface area (Å²) >= 11 is 0. The van der Waals surface area contributed by atoms with Gasteiger partial charge in [-0.05, 0) is 11.6 Å². The highest BCUT2D eigenvalue weighted by Gasteiger charge is 2.22. The van der Waals surface area contributed by atoms with Gasteiger partial charge in [0.25, 0.3) is 0 Å². The second-order valence-electron chi connectivity index (χ2n) is 3.24. The number of carbonyl (C=O) groups excluding carboxylic acids is 2. The summed E-state index contributed by atoms with van der Waals surface area (Å²) in [5.74, 6) is -1.60. The first-order chi connectivity index (χ1) is 7.20. The highest BCUT2D eigenvalue weighted by Crippen LogP contribution is 2.25. The van der Waals surface area contributed by atoms with E-state index in [1.54, 1.807) is 6.07 Å². The highest BCUT2D eigenvalue weighted by atomic mass is 16.2. The average molecular weight is 202 g/mol. The Balaban J connectivity index is 2.42. The van der Waals surface area contributed by atoms with Gasteiger partial charge in [0.2, 0.25) is 0 Å². The van der Waals surface area contributed by atoms with Crippen molar-refractivity contribution in [1.82, 2.24) is 0 Å². The summed E-state index contributed by atoms with van der Waals surface area (Å²) in [4.78, 5) is 23.7. The van der Waals surface area contributed by atoms with E-state index in [4.69, 9.17) is 5.73 Å². The summed E-state index contributed by atoms with van der Waals surface area (Å²) in [5, 5.41) is 0. The molecule has 1 aliphatic rings. The number of amides is 2. The fourth-order valence-electron chi connectivity index (χ4n) is 1.58. The SMILES string of the molecule is NC(=O)C(=O)N1CC=Cc2ccccc21. The van der Waals surface area contributed by atoms with Crippen molar-refractivity contribution in [1.29, 1.82) is 0 Å². The first kappa shape index (κ1) is 9.45. The predicted molar refractivity (Wildman–Crippen MR) is 57.0 cm³/mol. The van der Waals surface area contributed by atoms with Crippen LogP contribution < -0.4 is 10.6 Å². The van der Waals surface area contributed by atoms with E-state index in [9.17, 15) is 9.59 Å². The van der Waals surface area contributed by atoms with Gasteiger partial charge in [0.15, 0.2) is 0 Å². The van der Waals surface area contributed by atoms with Gasteiger partial charge in [0, 0.05) is 6.54 Å². The van der Waals surface area contributed by atoms with Crippen molar-refractivity contribution in [2.75, 3.05) is 11.4 Å². The highest BCUT2D eigenvalue weighted by molar-refractivity contribution is 6.40. The third kappa shape index (κ3) is 1.61. The van der Waals surface area contributed by atoms with Crippen LogP contribution in [0.2, 0.25) is 0 Å². The maximum Gasteiger partial charge on any atom is 0.316 e. The predicted octanol–water partition coefficient (Wildman–Crippen LogP) is 0.532. The summed E-state index contributed by atoms with van der Waals surface area (Å²) in [6.45, 7) is 0.388. The summed E-state index contributed by atoms with van der Waals surface area (Å²) in [7, 11) is 0. The van der Waals surface area contributed by atoms with E-state index in [2.05, 4.69) is 0 Å². The van der Waals surface area contributed by atoms with Crippen LogP contribution in [0.4, 0.5) is 5.69 Å². The van der Waals surface area contributed by atoms with Crippen LogP contribution in [0.5, 0.6) is 0 Å². The molecular formula is C11H10N2O2. The van der Waals surface area contributed by atoms with E-state index in [0.717, 1.165) is 11.3 Å². The summed E-state index contributed by atoms with van der Waals surface area (Å²) in [6.07, 6.45) is 3.74. The molecule has 1 aromatic carbocycles. The average Bonchev–Trinajstić information content (AvgIpc) is 2.27. The number of fused-ring (bicyclic) bond motifs is 1. The molecule has 0 aromatic heterocycles. The first-order valence-corrected chi connectivity index (χ1v) is 4.57. The number of rotatable bonds is 0. The minimum atomic E-state index is -0.930. The van der Waals surface area contributed by atoms with E-state index in [0.29, 0.717) is 6.54 Å². The molecule has 0 bridgehead atoms. The molecule has 0 saturated carbocycles. The quantitative estimate of drug-likeness (QED) is 0.624. The Kier molecular flexibility index (Phi) is 2.25. The fraction of sp³-hybridized carbons (Fsp3) is 0.0909. The number of hydrogen-bond donors (Lipinski definition) is 1. The third-order valence-corrected chi connectivity index (χ3v) is 2.27. The second kappa shape index (κ2) is 3.57. The van der Waals surface area contributed by atoms with Crippen molar-refractivity contribution in [3.05, 3.63) is 35.9 Å². The summed E-state index contributed by atoms with van der Waals surface area (Å²) in [6, 6.07) is 7.37. The Morgan fingerprint density at radius 2 is 2.00 bits per heavy atom. The lowest BCUT2D eigenvalue weighted by molar-refractivity contribution is -0.135. The van der Waals surface area contributed by atoms with E-state index in [-0.39, 0.29) is 0 Å². The van der Waals surface area contributed by atoms with E-state index in [1.165, 1.54) is 4.90 Å². The van der Waals surface area contributed by atoms with Gasteiger partial charge in [-0.3, -0.25) is 14.5 Å². The van der Waals surface area contributed by atoms with Gasteiger partial charge in [-0.2, -0.15) is 0 Å². The van der Waals surface area contributed by atoms with E-state index >= 15 is 0 Å². The number of para-hydroxylation sites is 1. The smallest absolute Gasteiger partial charge is 0.316 e. The van der Waals surface area contributed by atoms with Crippen LogP contribution in [0.3, 0.4) is 0 Å². The molecule has 76 valence electrons. The van der Waals surface area contributed by atoms with Crippen molar-refractivity contribution in [2.24, 2.45) is 5.73 Å². The number of hydrogen-bond acceptors (Lipinski definition) is 2. The molecule has 1 aliphatic heterocycles. The zero-order valence-electron chi connectivity index (χ0n) is 8.01. The van der Waals surface area contributed by atoms with Crippen LogP contribution in [0.1, 0.15) is 5.56 Å². The van der Waals surface area contributed by atoms with Crippen molar-refractivity contribution >= 4 is 23.6 Å². The molecule has 0 unspecified atom stereocenters. The van der Waals surface area contributed by atoms with Gasteiger partial charge >= 0.3 is 11.8 Å². The molecular weight excluding hydrogens is 192 g/mol. The molecule has 2 rings (SSSR count). The molecule has 1 aromatic rings. The van der Waals surface area contributed by atoms with Crippen LogP contribution in [0.15, 0.2) is 30.3 Å². The van der Waals surface area contributed by atoms with Gasteiger partial charge in [-0.25, -0.2) is 0 Å². The second-order valence-corrected chi connectivity index (χ2v) is 3.24. The van der Waals surface area contributed by atoms with E-state index < -0.39 is 11.8 Å². The monoisotopic (exact) mass is 202 g/mol. The Morgan fingerprint density at radius 3 is 2.73 bits per heavy atom. The Labute approximate surface area is 87.0 Å². The maximum atomic E-state index is 11.5. The molecule has 4 nitrogen and oxygen atoms in total. The standard InChI is InChI=1S/C11H10N2O2/c12-10(14)11(15)13-7-3-5-8-4-1-2-6-9(8)13/h1-6H,7H2,(H2,12,14). The van der Waals surface area contributed by atoms with Crippen molar-refractivity contribution in [3.8, 4) is 0 Å². The third-order valence-electron chi connectivity index (χ3n) is 2.27. The van der Waals surface area contributed by atoms with Gasteiger partial charge in [-0.15, -0.1) is 0 Å². The van der Waals surface area contributed by atoms with Gasteiger partial charge in [0.05, 0.1) is 5.69 Å². The largest absolute Gasteiger partial charge is 0.361 e. The molecule has 2 amide bonds. The molecule has 0 radical (unpaired) electrons. The van der Waals surface area contributed by atoms with Gasteiger partial charge in [-0.1, -0.05) is 30.4 Å². The molecule has 0 fully saturated rings. The maximum absolute atomic E-state index is 11.5. The van der Waals surface area contributed by atoms with Crippen LogP contribution in [-0.4, -0.2) is 18.4 Å². The molecule has 15 heavy (non-hydrogen) atoms. The number of nitrogens with two attached hydrogens (primary N) is 1. The van der Waals surface area contributed by atoms with E-state index in [1.807, 2.05) is 30.4 Å². The Hall–Kier alpha value is -2.10. The molecule has 0 saturated heterocycles. The Bertz CT molecular complexity index is 452. The molecule has 4 heteroatoms.